The minimum absolute atomic E-state index is 0.0473. The Kier molecular flexibility index (Phi) is 5.44. The molecule has 0 spiro atoms. The van der Waals surface area contributed by atoms with Gasteiger partial charge in [-0.2, -0.15) is 0 Å². The number of fused-ring (bicyclic) bond motifs is 1. The number of anilines is 1. The zero-order valence-corrected chi connectivity index (χ0v) is 18.3. The molecule has 1 aliphatic rings. The van der Waals surface area contributed by atoms with Crippen LogP contribution in [0.3, 0.4) is 0 Å². The van der Waals surface area contributed by atoms with E-state index in [9.17, 15) is 13.2 Å². The summed E-state index contributed by atoms with van der Waals surface area (Å²) in [6.07, 6.45) is 4.20. The highest BCUT2D eigenvalue weighted by Gasteiger charge is 2.31. The third kappa shape index (κ3) is 3.88. The van der Waals surface area contributed by atoms with Crippen molar-refractivity contribution in [3.63, 3.8) is 0 Å². The molecule has 1 unspecified atom stereocenters. The minimum atomic E-state index is -3.77. The van der Waals surface area contributed by atoms with Gasteiger partial charge in [-0.15, -0.1) is 0 Å². The van der Waals surface area contributed by atoms with Gasteiger partial charge in [0.2, 0.25) is 15.9 Å². The number of para-hydroxylation sites is 1. The molecule has 30 heavy (non-hydrogen) atoms. The second-order valence-corrected chi connectivity index (χ2v) is 9.81. The standard InChI is InChI=1S/C21H22N4O3S2/c1-14-5-3-4-6-18(14)24-10-9-23-21(24)29-13-20(26)25-15(2)11-16-12-17(30(22,27)28)7-8-19(16)25/h3-10,12,15H,11,13H2,1-2H3,(H2,22,27,28). The third-order valence-corrected chi connectivity index (χ3v) is 7.03. The molecule has 1 atom stereocenters. The number of aryl methyl sites for hydroxylation is 1. The van der Waals surface area contributed by atoms with Crippen LogP contribution in [0.15, 0.2) is 64.9 Å². The van der Waals surface area contributed by atoms with E-state index in [-0.39, 0.29) is 22.6 Å². The van der Waals surface area contributed by atoms with Crippen LogP contribution >= 0.6 is 11.8 Å². The Bertz CT molecular complexity index is 1220. The molecule has 0 fully saturated rings. The molecule has 0 aliphatic carbocycles. The molecule has 4 rings (SSSR count). The number of carbonyl (C=O) groups excluding carboxylic acids is 1. The second-order valence-electron chi connectivity index (χ2n) is 7.31. The number of nitrogens with two attached hydrogens (primary N) is 1. The summed E-state index contributed by atoms with van der Waals surface area (Å²) < 4.78 is 25.2. The fourth-order valence-corrected chi connectivity index (χ4v) is 5.16. The minimum Gasteiger partial charge on any atom is -0.308 e. The number of rotatable bonds is 5. The van der Waals surface area contributed by atoms with Crippen LogP contribution in [0.4, 0.5) is 5.69 Å². The molecule has 7 nitrogen and oxygen atoms in total. The van der Waals surface area contributed by atoms with E-state index in [2.05, 4.69) is 4.98 Å². The molecule has 1 amide bonds. The van der Waals surface area contributed by atoms with Gasteiger partial charge in [0, 0.05) is 24.1 Å². The van der Waals surface area contributed by atoms with E-state index >= 15 is 0 Å². The predicted octanol–water partition coefficient (Wildman–Crippen LogP) is 2.90. The lowest BCUT2D eigenvalue weighted by atomic mass is 10.1. The largest absolute Gasteiger partial charge is 0.308 e. The molecular weight excluding hydrogens is 420 g/mol. The Morgan fingerprint density at radius 1 is 1.23 bits per heavy atom. The van der Waals surface area contributed by atoms with E-state index in [0.717, 1.165) is 27.7 Å². The Morgan fingerprint density at radius 2 is 2.00 bits per heavy atom. The summed E-state index contributed by atoms with van der Waals surface area (Å²) in [5.41, 5.74) is 3.70. The molecule has 0 bridgehead atoms. The van der Waals surface area contributed by atoms with E-state index < -0.39 is 10.0 Å². The summed E-state index contributed by atoms with van der Waals surface area (Å²) in [5, 5.41) is 5.98. The first-order chi connectivity index (χ1) is 14.3. The highest BCUT2D eigenvalue weighted by Crippen LogP contribution is 2.34. The van der Waals surface area contributed by atoms with Crippen molar-refractivity contribution >= 4 is 33.4 Å². The number of primary sulfonamides is 1. The summed E-state index contributed by atoms with van der Waals surface area (Å²) in [7, 11) is -3.77. The zero-order valence-electron chi connectivity index (χ0n) is 16.6. The highest BCUT2D eigenvalue weighted by atomic mass is 32.2. The number of imidazole rings is 1. The van der Waals surface area contributed by atoms with Crippen LogP contribution in [0.5, 0.6) is 0 Å². The van der Waals surface area contributed by atoms with Gasteiger partial charge >= 0.3 is 0 Å². The number of hydrogen-bond donors (Lipinski definition) is 1. The number of aromatic nitrogens is 2. The average Bonchev–Trinajstić information content (AvgIpc) is 3.28. The van der Waals surface area contributed by atoms with Crippen LogP contribution in [0, 0.1) is 6.92 Å². The molecule has 0 radical (unpaired) electrons. The number of sulfonamides is 1. The van der Waals surface area contributed by atoms with Crippen molar-refractivity contribution < 1.29 is 13.2 Å². The number of hydrogen-bond acceptors (Lipinski definition) is 5. The van der Waals surface area contributed by atoms with E-state index in [1.165, 1.54) is 17.8 Å². The normalized spacial score (nSPS) is 16.0. The number of benzene rings is 2. The summed E-state index contributed by atoms with van der Waals surface area (Å²) in [5.74, 6) is 0.179. The molecule has 1 aromatic heterocycles. The van der Waals surface area contributed by atoms with Crippen LogP contribution < -0.4 is 10.0 Å². The van der Waals surface area contributed by atoms with Gasteiger partial charge in [0.25, 0.3) is 0 Å². The van der Waals surface area contributed by atoms with Gasteiger partial charge in [-0.1, -0.05) is 30.0 Å². The van der Waals surface area contributed by atoms with Crippen LogP contribution in [-0.2, 0) is 21.2 Å². The maximum absolute atomic E-state index is 13.0. The molecule has 1 aliphatic heterocycles. The van der Waals surface area contributed by atoms with Crippen LogP contribution in [0.1, 0.15) is 18.1 Å². The van der Waals surface area contributed by atoms with Gasteiger partial charge < -0.3 is 4.90 Å². The number of amides is 1. The summed E-state index contributed by atoms with van der Waals surface area (Å²) in [6.45, 7) is 3.99. The SMILES string of the molecule is Cc1ccccc1-n1ccnc1SCC(=O)N1c2ccc(S(N)(=O)=O)cc2CC1C. The van der Waals surface area contributed by atoms with Crippen molar-refractivity contribution in [2.75, 3.05) is 10.7 Å². The van der Waals surface area contributed by atoms with E-state index in [1.54, 1.807) is 23.2 Å². The third-order valence-electron chi connectivity index (χ3n) is 5.17. The molecule has 2 N–H and O–H groups in total. The average molecular weight is 443 g/mol. The fourth-order valence-electron chi connectivity index (χ4n) is 3.77. The van der Waals surface area contributed by atoms with Gasteiger partial charge in [-0.05, 0) is 55.7 Å². The molecule has 0 saturated heterocycles. The second kappa shape index (κ2) is 7.90. The maximum Gasteiger partial charge on any atom is 0.238 e. The first kappa shape index (κ1) is 20.6. The topological polar surface area (TPSA) is 98.3 Å². The number of thioether (sulfide) groups is 1. The Balaban J connectivity index is 1.53. The van der Waals surface area contributed by atoms with Gasteiger partial charge in [-0.3, -0.25) is 9.36 Å². The Labute approximate surface area is 180 Å². The van der Waals surface area contributed by atoms with E-state index in [1.807, 2.05) is 48.9 Å². The zero-order chi connectivity index (χ0) is 21.5. The van der Waals surface area contributed by atoms with Crippen molar-refractivity contribution in [1.82, 2.24) is 9.55 Å². The lowest BCUT2D eigenvalue weighted by molar-refractivity contribution is -0.116. The Hall–Kier alpha value is -2.62. The molecule has 0 saturated carbocycles. The smallest absolute Gasteiger partial charge is 0.238 e. The monoisotopic (exact) mass is 442 g/mol. The Morgan fingerprint density at radius 3 is 2.73 bits per heavy atom. The summed E-state index contributed by atoms with van der Waals surface area (Å²) in [6, 6.07) is 12.6. The predicted molar refractivity (Wildman–Crippen MR) is 117 cm³/mol. The molecule has 2 aromatic carbocycles. The van der Waals surface area contributed by atoms with Gasteiger partial charge in [0.15, 0.2) is 5.16 Å². The first-order valence-electron chi connectivity index (χ1n) is 9.45. The summed E-state index contributed by atoms with van der Waals surface area (Å²) >= 11 is 1.38. The van der Waals surface area contributed by atoms with Crippen molar-refractivity contribution in [3.8, 4) is 5.69 Å². The fraction of sp³-hybridized carbons (Fsp3) is 0.238. The molecular formula is C21H22N4O3S2. The molecule has 3 aromatic rings. The highest BCUT2D eigenvalue weighted by molar-refractivity contribution is 7.99. The van der Waals surface area contributed by atoms with Crippen molar-refractivity contribution in [3.05, 3.63) is 66.0 Å². The lowest BCUT2D eigenvalue weighted by Crippen LogP contribution is -2.37. The maximum atomic E-state index is 13.0. The van der Waals surface area contributed by atoms with Gasteiger partial charge in [-0.25, -0.2) is 18.5 Å². The van der Waals surface area contributed by atoms with Crippen LogP contribution in [-0.4, -0.2) is 35.7 Å². The van der Waals surface area contributed by atoms with Crippen molar-refractivity contribution in [2.24, 2.45) is 5.14 Å². The van der Waals surface area contributed by atoms with Crippen molar-refractivity contribution in [1.29, 1.82) is 0 Å². The summed E-state index contributed by atoms with van der Waals surface area (Å²) in [4.78, 5) is 19.2. The number of carbonyl (C=O) groups is 1. The molecule has 2 heterocycles. The van der Waals surface area contributed by atoms with Gasteiger partial charge in [0.1, 0.15) is 0 Å². The van der Waals surface area contributed by atoms with Crippen LogP contribution in [0.25, 0.3) is 5.69 Å². The number of nitrogens with zero attached hydrogens (tertiary/aromatic N) is 3. The van der Waals surface area contributed by atoms with Crippen LogP contribution in [0.2, 0.25) is 0 Å². The lowest BCUT2D eigenvalue weighted by Gasteiger charge is -2.22. The molecule has 156 valence electrons. The van der Waals surface area contributed by atoms with Crippen molar-refractivity contribution in [2.45, 2.75) is 36.4 Å². The first-order valence-corrected chi connectivity index (χ1v) is 12.0. The van der Waals surface area contributed by atoms with Gasteiger partial charge in [0.05, 0.1) is 16.3 Å². The van der Waals surface area contributed by atoms with E-state index in [4.69, 9.17) is 5.14 Å². The quantitative estimate of drug-likeness (QED) is 0.613. The molecule has 9 heteroatoms. The van der Waals surface area contributed by atoms with E-state index in [0.29, 0.717) is 6.42 Å².